The molecule has 9 aromatic carbocycles. The number of fused-ring (bicyclic) bond motifs is 11. The Hall–Kier alpha value is -5.98. The van der Waals surface area contributed by atoms with Gasteiger partial charge in [0, 0.05) is 0 Å². The second kappa shape index (κ2) is 10.0. The van der Waals surface area contributed by atoms with Crippen molar-refractivity contribution in [1.29, 1.82) is 0 Å². The van der Waals surface area contributed by atoms with E-state index >= 15 is 0 Å². The van der Waals surface area contributed by atoms with Gasteiger partial charge in [0.2, 0.25) is 0 Å². The molecule has 218 valence electrons. The highest BCUT2D eigenvalue weighted by molar-refractivity contribution is 6.26. The molecule has 0 unspecified atom stereocenters. The minimum atomic E-state index is -0.468. The van der Waals surface area contributed by atoms with Gasteiger partial charge in [0.1, 0.15) is 0 Å². The van der Waals surface area contributed by atoms with Crippen molar-refractivity contribution in [3.8, 4) is 22.3 Å². The van der Waals surface area contributed by atoms with Crippen LogP contribution in [0.5, 0.6) is 0 Å². The van der Waals surface area contributed by atoms with E-state index in [-0.39, 0.29) is 0 Å². The van der Waals surface area contributed by atoms with E-state index in [1.807, 2.05) is 0 Å². The zero-order chi connectivity index (χ0) is 31.0. The van der Waals surface area contributed by atoms with Crippen LogP contribution in [-0.4, -0.2) is 0 Å². The van der Waals surface area contributed by atoms with Crippen molar-refractivity contribution in [3.05, 3.63) is 204 Å². The maximum absolute atomic E-state index is 2.45. The molecule has 0 fully saturated rings. The van der Waals surface area contributed by atoms with Crippen molar-refractivity contribution in [3.63, 3.8) is 0 Å². The molecule has 47 heavy (non-hydrogen) atoms. The van der Waals surface area contributed by atoms with Gasteiger partial charge in [0.15, 0.2) is 0 Å². The molecule has 1 aliphatic carbocycles. The van der Waals surface area contributed by atoms with E-state index in [0.29, 0.717) is 0 Å². The second-order valence-electron chi connectivity index (χ2n) is 12.8. The van der Waals surface area contributed by atoms with Crippen molar-refractivity contribution in [2.45, 2.75) is 5.41 Å². The molecule has 0 heterocycles. The van der Waals surface area contributed by atoms with Gasteiger partial charge in [-0.3, -0.25) is 0 Å². The van der Waals surface area contributed by atoms with Crippen molar-refractivity contribution in [2.24, 2.45) is 0 Å². The molecule has 0 heteroatoms. The summed E-state index contributed by atoms with van der Waals surface area (Å²) in [6.07, 6.45) is 0. The van der Waals surface area contributed by atoms with Gasteiger partial charge in [-0.2, -0.15) is 0 Å². The topological polar surface area (TPSA) is 0 Å². The highest BCUT2D eigenvalue weighted by atomic mass is 14.5. The van der Waals surface area contributed by atoms with Crippen molar-refractivity contribution < 1.29 is 0 Å². The first-order valence-electron chi connectivity index (χ1n) is 16.4. The van der Waals surface area contributed by atoms with Crippen LogP contribution in [0.15, 0.2) is 182 Å². The zero-order valence-corrected chi connectivity index (χ0v) is 25.8. The Labute approximate surface area is 274 Å². The lowest BCUT2D eigenvalue weighted by Crippen LogP contribution is -2.28. The number of rotatable bonds is 3. The third kappa shape index (κ3) is 3.59. The highest BCUT2D eigenvalue weighted by Gasteiger charge is 2.48. The van der Waals surface area contributed by atoms with E-state index in [1.165, 1.54) is 87.6 Å². The number of benzene rings is 9. The average molecular weight is 595 g/mol. The van der Waals surface area contributed by atoms with Crippen LogP contribution in [0, 0.1) is 0 Å². The standard InChI is InChI=1S/C47H30/c1-3-16-33(17-4-1)47(34-18-5-2-6-19-34)44-26-14-13-25-41(44)45-42(29-31-15-7-8-20-35(31)46(45)47)32-27-28-40-38-23-10-9-21-36(38)37-22-11-12-24-39(37)43(40)30-32/h1-30H. The number of hydrogen-bond acceptors (Lipinski definition) is 0. The lowest BCUT2D eigenvalue weighted by Gasteiger charge is -2.35. The van der Waals surface area contributed by atoms with Crippen LogP contribution in [0.1, 0.15) is 22.3 Å². The van der Waals surface area contributed by atoms with Crippen LogP contribution < -0.4 is 0 Å². The van der Waals surface area contributed by atoms with E-state index in [4.69, 9.17) is 0 Å². The van der Waals surface area contributed by atoms with Gasteiger partial charge in [-0.05, 0) is 99.7 Å². The van der Waals surface area contributed by atoms with Crippen molar-refractivity contribution in [2.75, 3.05) is 0 Å². The summed E-state index contributed by atoms with van der Waals surface area (Å²) in [7, 11) is 0. The van der Waals surface area contributed by atoms with Gasteiger partial charge in [-0.25, -0.2) is 0 Å². The normalized spacial score (nSPS) is 13.3. The van der Waals surface area contributed by atoms with Crippen LogP contribution in [-0.2, 0) is 5.41 Å². The lowest BCUT2D eigenvalue weighted by atomic mass is 9.66. The van der Waals surface area contributed by atoms with E-state index in [2.05, 4.69) is 182 Å². The second-order valence-corrected chi connectivity index (χ2v) is 12.8. The first-order chi connectivity index (χ1) is 23.3. The third-order valence-electron chi connectivity index (χ3n) is 10.5. The summed E-state index contributed by atoms with van der Waals surface area (Å²) in [5.41, 5.74) is 9.96. The van der Waals surface area contributed by atoms with E-state index in [9.17, 15) is 0 Å². The molecule has 10 rings (SSSR count). The number of hydrogen-bond donors (Lipinski definition) is 0. The molecule has 0 bridgehead atoms. The summed E-state index contributed by atoms with van der Waals surface area (Å²) in [5, 5.41) is 10.3. The van der Waals surface area contributed by atoms with Gasteiger partial charge >= 0.3 is 0 Å². The molecule has 9 aromatic rings. The Balaban J connectivity index is 1.38. The van der Waals surface area contributed by atoms with Crippen LogP contribution in [0.3, 0.4) is 0 Å². The summed E-state index contributed by atoms with van der Waals surface area (Å²) in [6.45, 7) is 0. The summed E-state index contributed by atoms with van der Waals surface area (Å²) < 4.78 is 0. The van der Waals surface area contributed by atoms with Gasteiger partial charge < -0.3 is 0 Å². The molecule has 0 N–H and O–H groups in total. The van der Waals surface area contributed by atoms with Gasteiger partial charge in [0.25, 0.3) is 0 Å². The first kappa shape index (κ1) is 26.3. The summed E-state index contributed by atoms with van der Waals surface area (Å²) in [5.74, 6) is 0. The molecule has 0 atom stereocenters. The Bertz CT molecular complexity index is 2590. The Kier molecular flexibility index (Phi) is 5.59. The molecule has 0 nitrogen and oxygen atoms in total. The molecular formula is C47H30. The molecule has 0 saturated heterocycles. The summed E-state index contributed by atoms with van der Waals surface area (Å²) in [4.78, 5) is 0. The van der Waals surface area contributed by atoms with Crippen LogP contribution in [0.2, 0.25) is 0 Å². The van der Waals surface area contributed by atoms with Crippen LogP contribution >= 0.6 is 0 Å². The van der Waals surface area contributed by atoms with Crippen molar-refractivity contribution in [1.82, 2.24) is 0 Å². The van der Waals surface area contributed by atoms with E-state index < -0.39 is 5.41 Å². The SMILES string of the molecule is c1ccc(C2(c3ccccc3)c3ccccc3-c3c(-c4ccc5c6ccccc6c6ccccc6c5c4)cc4ccccc4c32)cc1. The van der Waals surface area contributed by atoms with E-state index in [1.54, 1.807) is 0 Å². The van der Waals surface area contributed by atoms with Crippen LogP contribution in [0.4, 0.5) is 0 Å². The Morgan fingerprint density at radius 3 is 1.45 bits per heavy atom. The molecular weight excluding hydrogens is 565 g/mol. The summed E-state index contributed by atoms with van der Waals surface area (Å²) >= 11 is 0. The fourth-order valence-corrected chi connectivity index (χ4v) is 8.63. The Morgan fingerprint density at radius 2 is 0.809 bits per heavy atom. The smallest absolute Gasteiger partial charge is 0.0622 e. The molecule has 0 aliphatic heterocycles. The quantitative estimate of drug-likeness (QED) is 0.179. The van der Waals surface area contributed by atoms with Crippen molar-refractivity contribution >= 4 is 43.1 Å². The zero-order valence-electron chi connectivity index (χ0n) is 25.8. The lowest BCUT2D eigenvalue weighted by molar-refractivity contribution is 0.775. The highest BCUT2D eigenvalue weighted by Crippen LogP contribution is 2.60. The van der Waals surface area contributed by atoms with Gasteiger partial charge in [0.05, 0.1) is 5.41 Å². The predicted molar refractivity (Wildman–Crippen MR) is 199 cm³/mol. The average Bonchev–Trinajstić information content (AvgIpc) is 3.47. The molecule has 0 saturated carbocycles. The maximum atomic E-state index is 2.45. The fraction of sp³-hybridized carbons (Fsp3) is 0.0213. The van der Waals surface area contributed by atoms with Gasteiger partial charge in [-0.15, -0.1) is 0 Å². The minimum Gasteiger partial charge on any atom is -0.0622 e. The minimum absolute atomic E-state index is 0.468. The summed E-state index contributed by atoms with van der Waals surface area (Å²) in [6, 6.07) is 67.6. The molecule has 0 spiro atoms. The molecule has 0 aromatic heterocycles. The van der Waals surface area contributed by atoms with Crippen LogP contribution in [0.25, 0.3) is 65.3 Å². The van der Waals surface area contributed by atoms with E-state index in [0.717, 1.165) is 0 Å². The third-order valence-corrected chi connectivity index (χ3v) is 10.5. The molecule has 1 aliphatic rings. The van der Waals surface area contributed by atoms with Gasteiger partial charge in [-0.1, -0.05) is 170 Å². The predicted octanol–water partition coefficient (Wildman–Crippen LogP) is 12.3. The Morgan fingerprint density at radius 1 is 0.319 bits per heavy atom. The molecule has 0 radical (unpaired) electrons. The molecule has 0 amide bonds. The maximum Gasteiger partial charge on any atom is 0.0719 e. The first-order valence-corrected chi connectivity index (χ1v) is 16.4. The largest absolute Gasteiger partial charge is 0.0719 e. The fourth-order valence-electron chi connectivity index (χ4n) is 8.63. The monoisotopic (exact) mass is 594 g/mol.